The van der Waals surface area contributed by atoms with E-state index in [1.807, 2.05) is 12.1 Å². The van der Waals surface area contributed by atoms with Gasteiger partial charge in [-0.05, 0) is 44.0 Å². The molecule has 0 aliphatic carbocycles. The lowest BCUT2D eigenvalue weighted by atomic mass is 9.98. The van der Waals surface area contributed by atoms with E-state index in [2.05, 4.69) is 10.6 Å². The van der Waals surface area contributed by atoms with Crippen molar-refractivity contribution in [3.8, 4) is 0 Å². The van der Waals surface area contributed by atoms with Gasteiger partial charge in [0.05, 0.1) is 31.3 Å². The van der Waals surface area contributed by atoms with Crippen molar-refractivity contribution in [3.05, 3.63) is 35.4 Å². The molecule has 1 aromatic carbocycles. The Morgan fingerprint density at radius 2 is 1.97 bits per heavy atom. The van der Waals surface area contributed by atoms with Crippen molar-refractivity contribution in [2.75, 3.05) is 31.1 Å². The number of nitrogens with one attached hydrogen (secondary N) is 2. The summed E-state index contributed by atoms with van der Waals surface area (Å²) in [6, 6.07) is 6.72. The van der Waals surface area contributed by atoms with Crippen LogP contribution in [0.15, 0.2) is 29.8 Å². The fourth-order valence-corrected chi connectivity index (χ4v) is 3.58. The van der Waals surface area contributed by atoms with Crippen LogP contribution < -0.4 is 15.5 Å². The largest absolute Gasteiger partial charge is 0.457 e. The van der Waals surface area contributed by atoms with Gasteiger partial charge < -0.3 is 25.2 Å². The van der Waals surface area contributed by atoms with Gasteiger partial charge in [0.2, 0.25) is 5.91 Å². The molecule has 1 aromatic rings. The summed E-state index contributed by atoms with van der Waals surface area (Å²) in [6.45, 7) is 7.59. The number of carbonyl (C=O) groups is 3. The standard InChI is InChI=1S/C22H29N3O6/c1-13(27)23-9-16-11-25(21(29)30-16)15-7-5-14(6-8-15)17-10-24-18(12-26)19(17)20(28)31-22(2,3)4/h5-8,16,18,24,26H,9-12H2,1-4H3,(H,23,27)/t16-,18+/m0/s1. The van der Waals surface area contributed by atoms with Gasteiger partial charge in [0.1, 0.15) is 11.7 Å². The Morgan fingerprint density at radius 1 is 1.29 bits per heavy atom. The molecule has 3 N–H and O–H groups in total. The van der Waals surface area contributed by atoms with Crippen LogP contribution in [-0.4, -0.2) is 67.1 Å². The molecule has 1 fully saturated rings. The molecular weight excluding hydrogens is 402 g/mol. The van der Waals surface area contributed by atoms with Crippen LogP contribution in [0.3, 0.4) is 0 Å². The summed E-state index contributed by atoms with van der Waals surface area (Å²) in [5.41, 5.74) is 1.98. The molecule has 0 bridgehead atoms. The molecule has 2 atom stereocenters. The van der Waals surface area contributed by atoms with E-state index in [0.29, 0.717) is 24.4 Å². The second-order valence-corrected chi connectivity index (χ2v) is 8.61. The van der Waals surface area contributed by atoms with E-state index in [0.717, 1.165) is 11.1 Å². The van der Waals surface area contributed by atoms with Crippen LogP contribution in [0.4, 0.5) is 10.5 Å². The first-order chi connectivity index (χ1) is 14.6. The molecule has 31 heavy (non-hydrogen) atoms. The lowest BCUT2D eigenvalue weighted by Crippen LogP contribution is -2.34. The number of carbonyl (C=O) groups excluding carboxylic acids is 3. The summed E-state index contributed by atoms with van der Waals surface area (Å²) in [5, 5.41) is 15.5. The zero-order valence-corrected chi connectivity index (χ0v) is 18.2. The predicted molar refractivity (Wildman–Crippen MR) is 114 cm³/mol. The highest BCUT2D eigenvalue weighted by Gasteiger charge is 2.35. The van der Waals surface area contributed by atoms with E-state index < -0.39 is 29.8 Å². The van der Waals surface area contributed by atoms with Gasteiger partial charge in [-0.2, -0.15) is 0 Å². The third kappa shape index (κ3) is 5.42. The number of aliphatic hydroxyl groups is 1. The van der Waals surface area contributed by atoms with Crippen molar-refractivity contribution in [3.63, 3.8) is 0 Å². The quantitative estimate of drug-likeness (QED) is 0.580. The Hall–Kier alpha value is -2.91. The number of aliphatic hydroxyl groups excluding tert-OH is 1. The maximum Gasteiger partial charge on any atom is 0.414 e. The van der Waals surface area contributed by atoms with Crippen LogP contribution in [0.5, 0.6) is 0 Å². The number of hydrogen-bond donors (Lipinski definition) is 3. The molecular formula is C22H29N3O6. The van der Waals surface area contributed by atoms with Crippen LogP contribution in [0.25, 0.3) is 5.57 Å². The number of nitrogens with zero attached hydrogens (tertiary/aromatic N) is 1. The molecule has 2 aliphatic heterocycles. The number of cyclic esters (lactones) is 1. The SMILES string of the molecule is CC(=O)NC[C@H]1CN(c2ccc(C3=C(C(=O)OC(C)(C)C)[C@@H](CO)NC3)cc2)C(=O)O1. The summed E-state index contributed by atoms with van der Waals surface area (Å²) in [6.07, 6.45) is -0.887. The first-order valence-corrected chi connectivity index (χ1v) is 10.2. The van der Waals surface area contributed by atoms with Crippen molar-refractivity contribution in [1.82, 2.24) is 10.6 Å². The van der Waals surface area contributed by atoms with Crippen molar-refractivity contribution in [2.24, 2.45) is 0 Å². The molecule has 9 heteroatoms. The van der Waals surface area contributed by atoms with E-state index in [4.69, 9.17) is 9.47 Å². The van der Waals surface area contributed by atoms with Crippen molar-refractivity contribution in [2.45, 2.75) is 45.4 Å². The van der Waals surface area contributed by atoms with E-state index >= 15 is 0 Å². The summed E-state index contributed by atoms with van der Waals surface area (Å²) >= 11 is 0. The van der Waals surface area contributed by atoms with Gasteiger partial charge in [-0.3, -0.25) is 9.69 Å². The van der Waals surface area contributed by atoms with E-state index in [1.54, 1.807) is 32.9 Å². The highest BCUT2D eigenvalue weighted by molar-refractivity contribution is 6.01. The monoisotopic (exact) mass is 431 g/mol. The zero-order chi connectivity index (χ0) is 22.8. The number of ether oxygens (including phenoxy) is 2. The topological polar surface area (TPSA) is 117 Å². The average molecular weight is 431 g/mol. The second-order valence-electron chi connectivity index (χ2n) is 8.61. The third-order valence-electron chi connectivity index (χ3n) is 4.98. The first-order valence-electron chi connectivity index (χ1n) is 10.2. The molecule has 2 heterocycles. The number of esters is 1. The summed E-state index contributed by atoms with van der Waals surface area (Å²) in [4.78, 5) is 37.5. The molecule has 9 nitrogen and oxygen atoms in total. The molecule has 2 amide bonds. The number of benzene rings is 1. The Bertz CT molecular complexity index is 888. The number of amides is 2. The zero-order valence-electron chi connectivity index (χ0n) is 18.2. The minimum atomic E-state index is -0.647. The van der Waals surface area contributed by atoms with Gasteiger partial charge in [-0.1, -0.05) is 12.1 Å². The molecule has 0 unspecified atom stereocenters. The third-order valence-corrected chi connectivity index (χ3v) is 4.98. The Kier molecular flexibility index (Phi) is 6.66. The maximum atomic E-state index is 12.7. The van der Waals surface area contributed by atoms with Crippen LogP contribution in [-0.2, 0) is 19.1 Å². The number of rotatable bonds is 6. The molecule has 1 saturated heterocycles. The fourth-order valence-electron chi connectivity index (χ4n) is 3.58. The highest BCUT2D eigenvalue weighted by Crippen LogP contribution is 2.30. The van der Waals surface area contributed by atoms with Gasteiger partial charge in [-0.25, -0.2) is 9.59 Å². The van der Waals surface area contributed by atoms with Gasteiger partial charge >= 0.3 is 12.1 Å². The lowest BCUT2D eigenvalue weighted by Gasteiger charge is -2.22. The molecule has 2 aliphatic rings. The minimum absolute atomic E-state index is 0.181. The lowest BCUT2D eigenvalue weighted by molar-refractivity contribution is -0.150. The van der Waals surface area contributed by atoms with Gasteiger partial charge in [0.25, 0.3) is 0 Å². The molecule has 0 saturated carbocycles. The summed E-state index contributed by atoms with van der Waals surface area (Å²) < 4.78 is 10.8. The number of hydrogen-bond acceptors (Lipinski definition) is 7. The van der Waals surface area contributed by atoms with Gasteiger partial charge in [-0.15, -0.1) is 0 Å². The van der Waals surface area contributed by atoms with Crippen LogP contribution in [0, 0.1) is 0 Å². The molecule has 3 rings (SSSR count). The van der Waals surface area contributed by atoms with E-state index in [1.165, 1.54) is 11.8 Å². The van der Waals surface area contributed by atoms with Gasteiger partial charge in [0.15, 0.2) is 0 Å². The normalized spacial score (nSPS) is 21.3. The number of anilines is 1. The van der Waals surface area contributed by atoms with E-state index in [-0.39, 0.29) is 19.1 Å². The van der Waals surface area contributed by atoms with Gasteiger partial charge in [0, 0.05) is 19.2 Å². The van der Waals surface area contributed by atoms with E-state index in [9.17, 15) is 19.5 Å². The van der Waals surface area contributed by atoms with Crippen molar-refractivity contribution < 1.29 is 29.0 Å². The smallest absolute Gasteiger partial charge is 0.414 e. The van der Waals surface area contributed by atoms with Crippen LogP contribution in [0.2, 0.25) is 0 Å². The Morgan fingerprint density at radius 3 is 2.55 bits per heavy atom. The molecule has 168 valence electrons. The fraction of sp³-hybridized carbons (Fsp3) is 0.500. The molecule has 0 radical (unpaired) electrons. The van der Waals surface area contributed by atoms with Crippen LogP contribution in [0.1, 0.15) is 33.3 Å². The molecule has 0 aromatic heterocycles. The average Bonchev–Trinajstić information content (AvgIpc) is 3.28. The van der Waals surface area contributed by atoms with Crippen LogP contribution >= 0.6 is 0 Å². The van der Waals surface area contributed by atoms with Crippen molar-refractivity contribution >= 4 is 29.2 Å². The van der Waals surface area contributed by atoms with Crippen molar-refractivity contribution in [1.29, 1.82) is 0 Å². The Labute approximate surface area is 181 Å². The predicted octanol–water partition coefficient (Wildman–Crippen LogP) is 1.21. The summed E-state index contributed by atoms with van der Waals surface area (Å²) in [5.74, 6) is -0.640. The Balaban J connectivity index is 1.79. The maximum absolute atomic E-state index is 12.7. The molecule has 0 spiro atoms. The summed E-state index contributed by atoms with van der Waals surface area (Å²) in [7, 11) is 0. The second kappa shape index (κ2) is 9.07. The first kappa shape index (κ1) is 22.8. The minimum Gasteiger partial charge on any atom is -0.457 e. The highest BCUT2D eigenvalue weighted by atomic mass is 16.6.